The molecule has 1 aliphatic carbocycles. The highest BCUT2D eigenvalue weighted by Gasteiger charge is 2.44. The van der Waals surface area contributed by atoms with Crippen molar-refractivity contribution < 1.29 is 18.3 Å². The number of aromatic nitrogens is 1. The van der Waals surface area contributed by atoms with Crippen LogP contribution in [0.5, 0.6) is 0 Å². The zero-order valence-electron chi connectivity index (χ0n) is 17.4. The number of hydrogen-bond acceptors (Lipinski definition) is 6. The van der Waals surface area contributed by atoms with Crippen molar-refractivity contribution in [3.05, 3.63) is 47.2 Å². The van der Waals surface area contributed by atoms with E-state index in [1.54, 1.807) is 11.0 Å². The van der Waals surface area contributed by atoms with Crippen LogP contribution >= 0.6 is 0 Å². The molecule has 2 aliphatic rings. The molecule has 1 aromatic heterocycles. The lowest BCUT2D eigenvalue weighted by molar-refractivity contribution is 0.0239. The van der Waals surface area contributed by atoms with Gasteiger partial charge in [-0.05, 0) is 50.8 Å². The van der Waals surface area contributed by atoms with E-state index in [9.17, 15) is 14.4 Å². The zero-order chi connectivity index (χ0) is 21.5. The molecule has 1 saturated carbocycles. The number of oxazole rings is 1. The van der Waals surface area contributed by atoms with Crippen LogP contribution in [0.3, 0.4) is 0 Å². The van der Waals surface area contributed by atoms with Gasteiger partial charge in [-0.1, -0.05) is 12.1 Å². The number of nitrogens with zero attached hydrogens (tertiary/aromatic N) is 4. The number of hydrogen-bond donors (Lipinski definition) is 0. The van der Waals surface area contributed by atoms with Gasteiger partial charge in [-0.15, -0.1) is 0 Å². The average molecular weight is 412 g/mol. The Labute approximate surface area is 175 Å². The molecule has 1 saturated heterocycles. The summed E-state index contributed by atoms with van der Waals surface area (Å²) in [6, 6.07) is 8.68. The molecule has 1 aliphatic heterocycles. The number of nitriles is 1. The van der Waals surface area contributed by atoms with E-state index in [2.05, 4.69) is 11.1 Å². The summed E-state index contributed by atoms with van der Waals surface area (Å²) in [7, 11) is 0. The van der Waals surface area contributed by atoms with Gasteiger partial charge in [0, 0.05) is 32.1 Å². The molecule has 2 atom stereocenters. The molecule has 1 aromatic carbocycles. The maximum absolute atomic E-state index is 13.5. The first kappa shape index (κ1) is 20.2. The van der Waals surface area contributed by atoms with Gasteiger partial charge in [0.05, 0.1) is 0 Å². The highest BCUT2D eigenvalue weighted by Crippen LogP contribution is 2.55. The normalized spacial score (nSPS) is 21.3. The summed E-state index contributed by atoms with van der Waals surface area (Å²) in [5, 5.41) is 9.52. The number of ether oxygens (including phenoxy) is 1. The van der Waals surface area contributed by atoms with Crippen molar-refractivity contribution in [3.63, 3.8) is 0 Å². The van der Waals surface area contributed by atoms with Crippen LogP contribution in [0.2, 0.25) is 0 Å². The molecule has 7 nitrogen and oxygen atoms in total. The molecule has 30 heavy (non-hydrogen) atoms. The van der Waals surface area contributed by atoms with Crippen molar-refractivity contribution >= 4 is 12.0 Å². The smallest absolute Gasteiger partial charge is 0.410 e. The van der Waals surface area contributed by atoms with Crippen LogP contribution in [0.15, 0.2) is 28.7 Å². The first-order chi connectivity index (χ1) is 14.2. The number of carbonyl (C=O) groups excluding carboxylic acids is 1. The summed E-state index contributed by atoms with van der Waals surface area (Å²) in [4.78, 5) is 20.2. The van der Waals surface area contributed by atoms with E-state index in [0.29, 0.717) is 38.0 Å². The van der Waals surface area contributed by atoms with Gasteiger partial charge in [0.2, 0.25) is 17.5 Å². The standard InChI is InChI=1S/C22H25FN4O3/c1-22(2,3)30-21(28)27-9-7-26(8-10-27)20-18(13-24)25-19(29-20)17-12-16(17)14-5-4-6-15(23)11-14/h4-6,11,16-17H,7-10,12H2,1-3H3. The summed E-state index contributed by atoms with van der Waals surface area (Å²) in [5.41, 5.74) is 0.634. The van der Waals surface area contributed by atoms with Gasteiger partial charge in [0.25, 0.3) is 0 Å². The minimum absolute atomic E-state index is 0.0516. The predicted molar refractivity (Wildman–Crippen MR) is 108 cm³/mol. The van der Waals surface area contributed by atoms with Gasteiger partial charge in [-0.25, -0.2) is 14.2 Å². The summed E-state index contributed by atoms with van der Waals surface area (Å²) in [5.74, 6) is 0.914. The molecule has 0 bridgehead atoms. The molecule has 2 aromatic rings. The quantitative estimate of drug-likeness (QED) is 0.757. The van der Waals surface area contributed by atoms with Gasteiger partial charge < -0.3 is 19.0 Å². The molecule has 0 radical (unpaired) electrons. The van der Waals surface area contributed by atoms with Crippen molar-refractivity contribution in [2.75, 3.05) is 31.1 Å². The van der Waals surface area contributed by atoms with Crippen molar-refractivity contribution in [3.8, 4) is 6.07 Å². The van der Waals surface area contributed by atoms with Crippen LogP contribution in [0.25, 0.3) is 0 Å². The van der Waals surface area contributed by atoms with Crippen LogP contribution in [-0.2, 0) is 4.74 Å². The lowest BCUT2D eigenvalue weighted by atomic mass is 10.1. The number of anilines is 1. The number of halogens is 1. The van der Waals surface area contributed by atoms with Crippen LogP contribution in [0, 0.1) is 17.1 Å². The Balaban J connectivity index is 1.42. The lowest BCUT2D eigenvalue weighted by Gasteiger charge is -2.35. The van der Waals surface area contributed by atoms with Crippen LogP contribution in [-0.4, -0.2) is 47.8 Å². The largest absolute Gasteiger partial charge is 0.444 e. The Morgan fingerprint density at radius 1 is 1.27 bits per heavy atom. The fourth-order valence-corrected chi connectivity index (χ4v) is 3.77. The predicted octanol–water partition coefficient (Wildman–Crippen LogP) is 4.01. The SMILES string of the molecule is CC(C)(C)OC(=O)N1CCN(c2oc(C3CC3c3cccc(F)c3)nc2C#N)CC1. The van der Waals surface area contributed by atoms with E-state index in [0.717, 1.165) is 12.0 Å². The van der Waals surface area contributed by atoms with E-state index in [4.69, 9.17) is 9.15 Å². The highest BCUT2D eigenvalue weighted by atomic mass is 19.1. The summed E-state index contributed by atoms with van der Waals surface area (Å²) >= 11 is 0. The minimum Gasteiger partial charge on any atom is -0.444 e. The third-order valence-electron chi connectivity index (χ3n) is 5.33. The maximum Gasteiger partial charge on any atom is 0.410 e. The molecule has 158 valence electrons. The minimum atomic E-state index is -0.537. The maximum atomic E-state index is 13.5. The Bertz CT molecular complexity index is 983. The Morgan fingerprint density at radius 2 is 2.00 bits per heavy atom. The van der Waals surface area contributed by atoms with Crippen LogP contribution in [0.4, 0.5) is 15.1 Å². The third-order valence-corrected chi connectivity index (χ3v) is 5.33. The Kier molecular flexibility index (Phi) is 5.14. The van der Waals surface area contributed by atoms with Crippen molar-refractivity contribution in [2.24, 2.45) is 0 Å². The molecular formula is C22H25FN4O3. The third kappa shape index (κ3) is 4.25. The number of amides is 1. The molecular weight excluding hydrogens is 387 g/mol. The van der Waals surface area contributed by atoms with Gasteiger partial charge in [-0.3, -0.25) is 0 Å². The first-order valence-electron chi connectivity index (χ1n) is 10.1. The molecule has 2 fully saturated rings. The van der Waals surface area contributed by atoms with E-state index >= 15 is 0 Å². The number of carbonyl (C=O) groups is 1. The second kappa shape index (κ2) is 7.63. The van der Waals surface area contributed by atoms with Gasteiger partial charge in [0.1, 0.15) is 17.5 Å². The summed E-state index contributed by atoms with van der Waals surface area (Å²) in [6.45, 7) is 7.53. The monoisotopic (exact) mass is 412 g/mol. The second-order valence-corrected chi connectivity index (χ2v) is 8.78. The van der Waals surface area contributed by atoms with Crippen LogP contribution < -0.4 is 4.90 Å². The lowest BCUT2D eigenvalue weighted by Crippen LogP contribution is -2.50. The van der Waals surface area contributed by atoms with Crippen LogP contribution in [0.1, 0.15) is 56.2 Å². The van der Waals surface area contributed by atoms with Gasteiger partial charge >= 0.3 is 6.09 Å². The zero-order valence-corrected chi connectivity index (χ0v) is 17.4. The van der Waals surface area contributed by atoms with E-state index in [1.807, 2.05) is 31.7 Å². The number of piperazine rings is 1. The van der Waals surface area contributed by atoms with Gasteiger partial charge in [-0.2, -0.15) is 5.26 Å². The molecule has 0 spiro atoms. The van der Waals surface area contributed by atoms with Gasteiger partial charge in [0.15, 0.2) is 0 Å². The van der Waals surface area contributed by atoms with E-state index in [-0.39, 0.29) is 29.4 Å². The fourth-order valence-electron chi connectivity index (χ4n) is 3.77. The van der Waals surface area contributed by atoms with Crippen molar-refractivity contribution in [2.45, 2.75) is 44.6 Å². The number of rotatable bonds is 3. The topological polar surface area (TPSA) is 82.6 Å². The Hall–Kier alpha value is -3.08. The fraction of sp³-hybridized carbons (Fsp3) is 0.500. The molecule has 8 heteroatoms. The molecule has 1 amide bonds. The molecule has 0 N–H and O–H groups in total. The van der Waals surface area contributed by atoms with Crippen molar-refractivity contribution in [1.29, 1.82) is 5.26 Å². The van der Waals surface area contributed by atoms with E-state index < -0.39 is 5.60 Å². The average Bonchev–Trinajstić information content (AvgIpc) is 3.38. The first-order valence-corrected chi connectivity index (χ1v) is 10.1. The molecule has 2 unspecified atom stereocenters. The van der Waals surface area contributed by atoms with Crippen molar-refractivity contribution in [1.82, 2.24) is 9.88 Å². The highest BCUT2D eigenvalue weighted by molar-refractivity contribution is 5.68. The van der Waals surface area contributed by atoms with E-state index in [1.165, 1.54) is 12.1 Å². The Morgan fingerprint density at radius 3 is 2.63 bits per heavy atom. The molecule has 2 heterocycles. The summed E-state index contributed by atoms with van der Waals surface area (Å²) < 4.78 is 24.9. The number of benzene rings is 1. The summed E-state index contributed by atoms with van der Waals surface area (Å²) in [6.07, 6.45) is 0.484. The second-order valence-electron chi connectivity index (χ2n) is 8.78. The molecule has 4 rings (SSSR count).